The van der Waals surface area contributed by atoms with Crippen molar-refractivity contribution in [3.05, 3.63) is 59.8 Å². The van der Waals surface area contributed by atoms with E-state index >= 15 is 0 Å². The maximum atomic E-state index is 10.3. The first-order valence-corrected chi connectivity index (χ1v) is 6.70. The molecule has 0 saturated carbocycles. The van der Waals surface area contributed by atoms with Crippen LogP contribution in [0.25, 0.3) is 10.8 Å². The average Bonchev–Trinajstić information content (AvgIpc) is 2.79. The van der Waals surface area contributed by atoms with Crippen molar-refractivity contribution >= 4 is 16.5 Å². The fraction of sp³-hybridized carbons (Fsp3) is 0.118. The minimum atomic E-state index is 0.211. The second-order valence-corrected chi connectivity index (χ2v) is 5.04. The van der Waals surface area contributed by atoms with Crippen molar-refractivity contribution in [1.82, 2.24) is 4.57 Å². The smallest absolute Gasteiger partial charge is 0.199 e. The fourth-order valence-corrected chi connectivity index (χ4v) is 2.54. The monoisotopic (exact) mass is 277 g/mol. The molecule has 104 valence electrons. The standard InChI is InChI=1S/C17H15N3O/c18-8-7-12-3-1-4-13(9-12)10-20-11-15-14(17(20)21)5-2-6-16(15)19/h1-6,9,11,21H,7,10,19H2. The van der Waals surface area contributed by atoms with Crippen LogP contribution in [0, 0.1) is 11.3 Å². The van der Waals surface area contributed by atoms with Gasteiger partial charge in [-0.15, -0.1) is 0 Å². The number of aromatic nitrogens is 1. The average molecular weight is 277 g/mol. The largest absolute Gasteiger partial charge is 0.494 e. The number of nitriles is 1. The van der Waals surface area contributed by atoms with Gasteiger partial charge in [0.15, 0.2) is 5.88 Å². The van der Waals surface area contributed by atoms with Crippen molar-refractivity contribution < 1.29 is 5.11 Å². The molecule has 0 aliphatic rings. The van der Waals surface area contributed by atoms with Crippen LogP contribution in [0.2, 0.25) is 0 Å². The van der Waals surface area contributed by atoms with Gasteiger partial charge < -0.3 is 15.4 Å². The van der Waals surface area contributed by atoms with Gasteiger partial charge in [0, 0.05) is 22.7 Å². The Labute approximate surface area is 122 Å². The Morgan fingerprint density at radius 1 is 1.10 bits per heavy atom. The maximum absolute atomic E-state index is 10.3. The molecule has 0 aliphatic carbocycles. The molecule has 0 spiro atoms. The van der Waals surface area contributed by atoms with E-state index < -0.39 is 0 Å². The summed E-state index contributed by atoms with van der Waals surface area (Å²) >= 11 is 0. The molecular weight excluding hydrogens is 262 g/mol. The van der Waals surface area contributed by atoms with Gasteiger partial charge in [-0.25, -0.2) is 0 Å². The summed E-state index contributed by atoms with van der Waals surface area (Å²) in [6.45, 7) is 0.541. The van der Waals surface area contributed by atoms with Gasteiger partial charge >= 0.3 is 0 Å². The van der Waals surface area contributed by atoms with Gasteiger partial charge in [-0.1, -0.05) is 30.3 Å². The molecular formula is C17H15N3O. The Balaban J connectivity index is 1.99. The van der Waals surface area contributed by atoms with E-state index in [0.717, 1.165) is 21.9 Å². The number of nitrogen functional groups attached to an aromatic ring is 1. The molecule has 0 amide bonds. The van der Waals surface area contributed by atoms with Gasteiger partial charge in [0.2, 0.25) is 0 Å². The molecule has 2 aromatic carbocycles. The molecule has 0 unspecified atom stereocenters. The van der Waals surface area contributed by atoms with E-state index in [1.165, 1.54) is 0 Å². The highest BCUT2D eigenvalue weighted by Crippen LogP contribution is 2.31. The minimum Gasteiger partial charge on any atom is -0.494 e. The van der Waals surface area contributed by atoms with Crippen molar-refractivity contribution in [3.8, 4) is 11.9 Å². The van der Waals surface area contributed by atoms with Crippen LogP contribution in [0.1, 0.15) is 11.1 Å². The number of benzene rings is 2. The lowest BCUT2D eigenvalue weighted by Gasteiger charge is -2.06. The molecule has 21 heavy (non-hydrogen) atoms. The van der Waals surface area contributed by atoms with Crippen LogP contribution in [0.15, 0.2) is 48.7 Å². The first-order chi connectivity index (χ1) is 10.2. The number of hydrogen-bond donors (Lipinski definition) is 2. The summed E-state index contributed by atoms with van der Waals surface area (Å²) in [4.78, 5) is 0. The van der Waals surface area contributed by atoms with Gasteiger partial charge in [-0.3, -0.25) is 0 Å². The summed E-state index contributed by atoms with van der Waals surface area (Å²) in [7, 11) is 0. The lowest BCUT2D eigenvalue weighted by atomic mass is 10.1. The molecule has 0 aliphatic heterocycles. The number of nitrogens with two attached hydrogens (primary N) is 1. The summed E-state index contributed by atoms with van der Waals surface area (Å²) < 4.78 is 1.77. The molecule has 0 bridgehead atoms. The van der Waals surface area contributed by atoms with Crippen molar-refractivity contribution in [3.63, 3.8) is 0 Å². The van der Waals surface area contributed by atoms with Crippen LogP contribution in [-0.2, 0) is 13.0 Å². The highest BCUT2D eigenvalue weighted by Gasteiger charge is 2.10. The summed E-state index contributed by atoms with van der Waals surface area (Å²) in [6.07, 6.45) is 2.25. The molecule has 0 saturated heterocycles. The molecule has 1 aromatic heterocycles. The summed E-state index contributed by atoms with van der Waals surface area (Å²) in [5, 5.41) is 20.7. The predicted molar refractivity (Wildman–Crippen MR) is 82.9 cm³/mol. The Kier molecular flexibility index (Phi) is 3.25. The number of aromatic hydroxyl groups is 1. The van der Waals surface area contributed by atoms with Crippen molar-refractivity contribution in [2.24, 2.45) is 0 Å². The predicted octanol–water partition coefficient (Wildman–Crippen LogP) is 3.04. The zero-order chi connectivity index (χ0) is 14.8. The van der Waals surface area contributed by atoms with E-state index in [4.69, 9.17) is 11.0 Å². The number of hydrogen-bond acceptors (Lipinski definition) is 3. The maximum Gasteiger partial charge on any atom is 0.199 e. The highest BCUT2D eigenvalue weighted by molar-refractivity contribution is 5.96. The molecule has 0 fully saturated rings. The Morgan fingerprint density at radius 2 is 1.86 bits per heavy atom. The summed E-state index contributed by atoms with van der Waals surface area (Å²) in [5.41, 5.74) is 8.60. The third kappa shape index (κ3) is 2.41. The minimum absolute atomic E-state index is 0.211. The topological polar surface area (TPSA) is 75.0 Å². The zero-order valence-corrected chi connectivity index (χ0v) is 11.5. The van der Waals surface area contributed by atoms with Gasteiger partial charge in [-0.05, 0) is 23.3 Å². The Hall–Kier alpha value is -2.93. The molecule has 0 radical (unpaired) electrons. The summed E-state index contributed by atoms with van der Waals surface area (Å²) in [5.74, 6) is 0.211. The molecule has 0 atom stereocenters. The Bertz CT molecular complexity index is 843. The van der Waals surface area contributed by atoms with Crippen LogP contribution >= 0.6 is 0 Å². The van der Waals surface area contributed by atoms with Gasteiger partial charge in [0.05, 0.1) is 19.0 Å². The third-order valence-corrected chi connectivity index (χ3v) is 3.57. The quantitative estimate of drug-likeness (QED) is 0.722. The van der Waals surface area contributed by atoms with Gasteiger partial charge in [-0.2, -0.15) is 5.26 Å². The first-order valence-electron chi connectivity index (χ1n) is 6.70. The number of rotatable bonds is 3. The number of fused-ring (bicyclic) bond motifs is 1. The Morgan fingerprint density at radius 3 is 2.62 bits per heavy atom. The molecule has 3 N–H and O–H groups in total. The molecule has 3 rings (SSSR count). The van der Waals surface area contributed by atoms with Crippen LogP contribution < -0.4 is 5.73 Å². The van der Waals surface area contributed by atoms with Crippen LogP contribution in [0.4, 0.5) is 5.69 Å². The van der Waals surface area contributed by atoms with Crippen LogP contribution in [0.3, 0.4) is 0 Å². The highest BCUT2D eigenvalue weighted by atomic mass is 16.3. The van der Waals surface area contributed by atoms with Crippen molar-refractivity contribution in [1.29, 1.82) is 5.26 Å². The lowest BCUT2D eigenvalue weighted by molar-refractivity contribution is 0.430. The molecule has 3 aromatic rings. The third-order valence-electron chi connectivity index (χ3n) is 3.57. The van der Waals surface area contributed by atoms with Crippen LogP contribution in [0.5, 0.6) is 5.88 Å². The number of nitrogens with zero attached hydrogens (tertiary/aromatic N) is 2. The second kappa shape index (κ2) is 5.22. The molecule has 4 nitrogen and oxygen atoms in total. The molecule has 1 heterocycles. The van der Waals surface area contributed by atoms with Crippen LogP contribution in [-0.4, -0.2) is 9.67 Å². The normalized spacial score (nSPS) is 10.6. The lowest BCUT2D eigenvalue weighted by Crippen LogP contribution is -1.98. The van der Waals surface area contributed by atoms with E-state index in [2.05, 4.69) is 6.07 Å². The SMILES string of the molecule is N#CCc1cccc(Cn2cc3c(N)cccc3c2O)c1. The summed E-state index contributed by atoms with van der Waals surface area (Å²) in [6, 6.07) is 15.5. The van der Waals surface area contributed by atoms with Gasteiger partial charge in [0.1, 0.15) is 0 Å². The second-order valence-electron chi connectivity index (χ2n) is 5.04. The number of anilines is 1. The first kappa shape index (κ1) is 13.1. The fourth-order valence-electron chi connectivity index (χ4n) is 2.54. The van der Waals surface area contributed by atoms with E-state index in [1.54, 1.807) is 4.57 Å². The van der Waals surface area contributed by atoms with E-state index in [-0.39, 0.29) is 5.88 Å². The van der Waals surface area contributed by atoms with E-state index in [9.17, 15) is 5.11 Å². The zero-order valence-electron chi connectivity index (χ0n) is 11.5. The van der Waals surface area contributed by atoms with E-state index in [0.29, 0.717) is 18.7 Å². The van der Waals surface area contributed by atoms with Gasteiger partial charge in [0.25, 0.3) is 0 Å². The molecule has 4 heteroatoms. The van der Waals surface area contributed by atoms with Crippen molar-refractivity contribution in [2.75, 3.05) is 5.73 Å². The van der Waals surface area contributed by atoms with E-state index in [1.807, 2.05) is 48.7 Å². The van der Waals surface area contributed by atoms with Crippen molar-refractivity contribution in [2.45, 2.75) is 13.0 Å².